The zero-order valence-electron chi connectivity index (χ0n) is 14.7. The molecule has 27 heavy (non-hydrogen) atoms. The van der Waals surface area contributed by atoms with Crippen molar-refractivity contribution in [2.75, 3.05) is 7.11 Å². The molecule has 2 aromatic carbocycles. The van der Waals surface area contributed by atoms with Crippen molar-refractivity contribution >= 4 is 11.6 Å². The molecule has 0 unspecified atom stereocenters. The summed E-state index contributed by atoms with van der Waals surface area (Å²) in [4.78, 5) is 4.25. The number of halogens is 1. The van der Waals surface area contributed by atoms with Gasteiger partial charge in [-0.25, -0.2) is 9.67 Å². The first-order valence-electron chi connectivity index (χ1n) is 8.47. The Morgan fingerprint density at radius 3 is 2.48 bits per heavy atom. The Balaban J connectivity index is 1.48. The summed E-state index contributed by atoms with van der Waals surface area (Å²) in [6.07, 6.45) is 3.73. The fourth-order valence-electron chi connectivity index (χ4n) is 2.82. The molecular weight excluding hydrogens is 360 g/mol. The predicted octanol–water partition coefficient (Wildman–Crippen LogP) is 4.72. The molecule has 6 heteroatoms. The Morgan fingerprint density at radius 2 is 1.78 bits per heavy atom. The largest absolute Gasteiger partial charge is 0.481 e. The SMILES string of the molecule is COc1ccc(-c2ccc(Cn3cc(-c4cccc(Cl)c4)nn3)cc2)cn1. The van der Waals surface area contributed by atoms with E-state index in [-0.39, 0.29) is 0 Å². The molecule has 4 aromatic rings. The van der Waals surface area contributed by atoms with Gasteiger partial charge < -0.3 is 4.74 Å². The van der Waals surface area contributed by atoms with Crippen molar-refractivity contribution in [2.24, 2.45) is 0 Å². The van der Waals surface area contributed by atoms with Crippen LogP contribution in [0.3, 0.4) is 0 Å². The van der Waals surface area contributed by atoms with Gasteiger partial charge in [0.1, 0.15) is 5.69 Å². The first kappa shape index (κ1) is 17.2. The Morgan fingerprint density at radius 1 is 0.963 bits per heavy atom. The molecule has 0 bridgehead atoms. The number of rotatable bonds is 5. The van der Waals surface area contributed by atoms with E-state index in [4.69, 9.17) is 16.3 Å². The number of ether oxygens (including phenoxy) is 1. The van der Waals surface area contributed by atoms with Gasteiger partial charge in [0, 0.05) is 28.4 Å². The first-order valence-corrected chi connectivity index (χ1v) is 8.84. The van der Waals surface area contributed by atoms with Gasteiger partial charge in [0.15, 0.2) is 0 Å². The van der Waals surface area contributed by atoms with Crippen LogP contribution in [0.5, 0.6) is 5.88 Å². The Labute approximate surface area is 162 Å². The van der Waals surface area contributed by atoms with Crippen molar-refractivity contribution in [2.45, 2.75) is 6.54 Å². The Bertz CT molecular complexity index is 1040. The third-order valence-corrected chi connectivity index (χ3v) is 4.47. The van der Waals surface area contributed by atoms with E-state index in [9.17, 15) is 0 Å². The van der Waals surface area contributed by atoms with Gasteiger partial charge in [-0.05, 0) is 29.3 Å². The van der Waals surface area contributed by atoms with Crippen molar-refractivity contribution in [1.29, 1.82) is 0 Å². The number of hydrogen-bond donors (Lipinski definition) is 0. The second-order valence-electron chi connectivity index (χ2n) is 6.10. The highest BCUT2D eigenvalue weighted by molar-refractivity contribution is 6.30. The van der Waals surface area contributed by atoms with Crippen LogP contribution in [0, 0.1) is 0 Å². The van der Waals surface area contributed by atoms with Crippen LogP contribution in [0.25, 0.3) is 22.4 Å². The highest BCUT2D eigenvalue weighted by atomic mass is 35.5. The summed E-state index contributed by atoms with van der Waals surface area (Å²) in [7, 11) is 1.61. The Hall–Kier alpha value is -3.18. The van der Waals surface area contributed by atoms with Gasteiger partial charge in [-0.3, -0.25) is 0 Å². The second-order valence-corrected chi connectivity index (χ2v) is 6.53. The fraction of sp³-hybridized carbons (Fsp3) is 0.0952. The van der Waals surface area contributed by atoms with Gasteiger partial charge in [0.25, 0.3) is 0 Å². The van der Waals surface area contributed by atoms with E-state index in [2.05, 4.69) is 39.6 Å². The highest BCUT2D eigenvalue weighted by Crippen LogP contribution is 2.22. The molecule has 0 fully saturated rings. The van der Waals surface area contributed by atoms with Gasteiger partial charge in [-0.1, -0.05) is 53.2 Å². The van der Waals surface area contributed by atoms with Crippen LogP contribution in [-0.2, 0) is 6.54 Å². The van der Waals surface area contributed by atoms with Gasteiger partial charge in [-0.15, -0.1) is 5.10 Å². The van der Waals surface area contributed by atoms with Crippen molar-refractivity contribution in [3.05, 3.63) is 83.6 Å². The second kappa shape index (κ2) is 7.60. The van der Waals surface area contributed by atoms with Crippen molar-refractivity contribution in [3.8, 4) is 28.3 Å². The maximum atomic E-state index is 6.05. The maximum Gasteiger partial charge on any atom is 0.212 e. The lowest BCUT2D eigenvalue weighted by atomic mass is 10.1. The molecule has 4 rings (SSSR count). The van der Waals surface area contributed by atoms with Crippen molar-refractivity contribution < 1.29 is 4.74 Å². The number of nitrogens with zero attached hydrogens (tertiary/aromatic N) is 4. The molecule has 0 aliphatic heterocycles. The molecule has 0 radical (unpaired) electrons. The van der Waals surface area contributed by atoms with Crippen molar-refractivity contribution in [3.63, 3.8) is 0 Å². The van der Waals surface area contributed by atoms with Crippen LogP contribution in [0.2, 0.25) is 5.02 Å². The quantitative estimate of drug-likeness (QED) is 0.506. The van der Waals surface area contributed by atoms with Crippen LogP contribution in [0.4, 0.5) is 0 Å². The lowest BCUT2D eigenvalue weighted by molar-refractivity contribution is 0.398. The summed E-state index contributed by atoms with van der Waals surface area (Å²) in [5, 5.41) is 9.14. The number of pyridine rings is 1. The molecular formula is C21H17ClN4O. The molecule has 5 nitrogen and oxygen atoms in total. The van der Waals surface area contributed by atoms with Crippen LogP contribution in [0.15, 0.2) is 73.1 Å². The lowest BCUT2D eigenvalue weighted by Gasteiger charge is -2.05. The minimum absolute atomic E-state index is 0.608. The average Bonchev–Trinajstić information content (AvgIpc) is 3.17. The van der Waals surface area contributed by atoms with Gasteiger partial charge in [-0.2, -0.15) is 0 Å². The lowest BCUT2D eigenvalue weighted by Crippen LogP contribution is -2.00. The van der Waals surface area contributed by atoms with Gasteiger partial charge in [0.05, 0.1) is 19.9 Å². The van der Waals surface area contributed by atoms with Gasteiger partial charge >= 0.3 is 0 Å². The highest BCUT2D eigenvalue weighted by Gasteiger charge is 2.06. The monoisotopic (exact) mass is 376 g/mol. The molecule has 2 aromatic heterocycles. The molecule has 0 amide bonds. The van der Waals surface area contributed by atoms with Crippen LogP contribution in [-0.4, -0.2) is 27.1 Å². The summed E-state index contributed by atoms with van der Waals surface area (Å²) in [6, 6.07) is 19.8. The third kappa shape index (κ3) is 3.99. The third-order valence-electron chi connectivity index (χ3n) is 4.24. The summed E-state index contributed by atoms with van der Waals surface area (Å²) in [5.41, 5.74) is 5.05. The summed E-state index contributed by atoms with van der Waals surface area (Å²) in [6.45, 7) is 0.648. The summed E-state index contributed by atoms with van der Waals surface area (Å²) < 4.78 is 6.92. The maximum absolute atomic E-state index is 6.05. The molecule has 0 atom stereocenters. The Kier molecular flexibility index (Phi) is 4.85. The molecule has 0 aliphatic carbocycles. The normalized spacial score (nSPS) is 10.7. The first-order chi connectivity index (χ1) is 13.2. The minimum atomic E-state index is 0.608. The zero-order valence-corrected chi connectivity index (χ0v) is 15.5. The number of hydrogen-bond acceptors (Lipinski definition) is 4. The van der Waals surface area contributed by atoms with E-state index in [1.54, 1.807) is 7.11 Å². The summed E-state index contributed by atoms with van der Waals surface area (Å²) in [5.74, 6) is 0.608. The standard InChI is InChI=1S/C21H17ClN4O/c1-27-21-10-9-18(12-23-21)16-7-5-15(6-8-16)13-26-14-20(24-25-26)17-3-2-4-19(22)11-17/h2-12,14H,13H2,1H3. The number of aromatic nitrogens is 4. The fourth-order valence-corrected chi connectivity index (χ4v) is 3.01. The van der Waals surface area contributed by atoms with E-state index >= 15 is 0 Å². The topological polar surface area (TPSA) is 52.8 Å². The van der Waals surface area contributed by atoms with Crippen LogP contribution in [0.1, 0.15) is 5.56 Å². The van der Waals surface area contributed by atoms with E-state index in [1.165, 1.54) is 0 Å². The predicted molar refractivity (Wildman–Crippen MR) is 106 cm³/mol. The van der Waals surface area contributed by atoms with E-state index in [0.717, 1.165) is 27.9 Å². The molecule has 0 saturated heterocycles. The van der Waals surface area contributed by atoms with E-state index in [0.29, 0.717) is 17.4 Å². The number of benzene rings is 2. The van der Waals surface area contributed by atoms with Crippen LogP contribution < -0.4 is 4.74 Å². The molecule has 2 heterocycles. The average molecular weight is 377 g/mol. The van der Waals surface area contributed by atoms with E-state index < -0.39 is 0 Å². The van der Waals surface area contributed by atoms with Crippen molar-refractivity contribution in [1.82, 2.24) is 20.0 Å². The molecule has 134 valence electrons. The van der Waals surface area contributed by atoms with Crippen LogP contribution >= 0.6 is 11.6 Å². The summed E-state index contributed by atoms with van der Waals surface area (Å²) >= 11 is 6.05. The number of methoxy groups -OCH3 is 1. The molecule has 0 saturated carbocycles. The van der Waals surface area contributed by atoms with E-state index in [1.807, 2.05) is 53.5 Å². The molecule has 0 N–H and O–H groups in total. The molecule has 0 aliphatic rings. The molecule has 0 spiro atoms. The van der Waals surface area contributed by atoms with Gasteiger partial charge in [0.2, 0.25) is 5.88 Å². The zero-order chi connectivity index (χ0) is 18.6. The minimum Gasteiger partial charge on any atom is -0.481 e. The smallest absolute Gasteiger partial charge is 0.212 e.